The topological polar surface area (TPSA) is 25.6 Å². The van der Waals surface area contributed by atoms with E-state index in [0.717, 1.165) is 61.6 Å². The number of anilines is 3. The number of ether oxygens (including phenoxy) is 1. The summed E-state index contributed by atoms with van der Waals surface area (Å²) in [5.41, 5.74) is 17.0. The van der Waals surface area contributed by atoms with Crippen LogP contribution in [0, 0.1) is 0 Å². The van der Waals surface area contributed by atoms with Crippen LogP contribution in [0.3, 0.4) is 0 Å². The van der Waals surface area contributed by atoms with Gasteiger partial charge in [0.15, 0.2) is 0 Å². The summed E-state index contributed by atoms with van der Waals surface area (Å²) in [5, 5.41) is 2.22. The second-order valence-electron chi connectivity index (χ2n) is 15.6. The summed E-state index contributed by atoms with van der Waals surface area (Å²) in [7, 11) is 0. The fourth-order valence-corrected chi connectivity index (χ4v) is 10.1. The third-order valence-corrected chi connectivity index (χ3v) is 12.5. The fraction of sp³-hybridized carbons (Fsp3) is 0.0769. The molecule has 0 saturated carbocycles. The Kier molecular flexibility index (Phi) is 6.05. The lowest BCUT2D eigenvalue weighted by Crippen LogP contribution is -2.32. The lowest BCUT2D eigenvalue weighted by atomic mass is 9.66. The Morgan fingerprint density at radius 2 is 0.945 bits per heavy atom. The summed E-state index contributed by atoms with van der Waals surface area (Å²) in [4.78, 5) is 2.35. The van der Waals surface area contributed by atoms with E-state index in [1.807, 2.05) is 0 Å². The molecule has 0 fully saturated rings. The molecule has 0 saturated heterocycles. The second-order valence-corrected chi connectivity index (χ2v) is 15.6. The van der Waals surface area contributed by atoms with Gasteiger partial charge in [-0.05, 0) is 105 Å². The van der Waals surface area contributed by atoms with Gasteiger partial charge in [0.25, 0.3) is 0 Å². The summed E-state index contributed by atoms with van der Waals surface area (Å²) in [5.74, 6) is 1.77. The molecule has 3 nitrogen and oxygen atoms in total. The Hall–Kier alpha value is -6.84. The van der Waals surface area contributed by atoms with Gasteiger partial charge in [0, 0.05) is 50.4 Å². The van der Waals surface area contributed by atoms with E-state index in [0.29, 0.717) is 0 Å². The lowest BCUT2D eigenvalue weighted by Gasteiger charge is -2.39. The standard InChI is InChI=1S/C52H35NO2/c1-51(2)41-18-8-6-16-35(41)37-26-24-33(28-45(37)51)53(32-14-4-3-5-15-32)34-25-27-38-40-30-39-36-17-7-9-19-42(36)52(46(39)31-50(40)55-49(38)29-34)43-20-10-12-22-47(43)54-48-23-13-11-21-44(48)52/h3-31H,1-2H3. The number of hydrogen-bond donors (Lipinski definition) is 0. The van der Waals surface area contributed by atoms with Crippen molar-refractivity contribution in [3.63, 3.8) is 0 Å². The highest BCUT2D eigenvalue weighted by atomic mass is 16.5. The van der Waals surface area contributed by atoms with E-state index in [4.69, 9.17) is 9.15 Å². The summed E-state index contributed by atoms with van der Waals surface area (Å²) in [6, 6.07) is 63.7. The first-order chi connectivity index (χ1) is 27.0. The van der Waals surface area contributed by atoms with Gasteiger partial charge in [-0.15, -0.1) is 0 Å². The first-order valence-electron chi connectivity index (χ1n) is 19.1. The zero-order chi connectivity index (χ0) is 36.5. The van der Waals surface area contributed by atoms with E-state index in [2.05, 4.69) is 195 Å². The van der Waals surface area contributed by atoms with E-state index in [-0.39, 0.29) is 5.41 Å². The number of rotatable bonds is 3. The van der Waals surface area contributed by atoms with E-state index in [1.54, 1.807) is 0 Å². The minimum Gasteiger partial charge on any atom is -0.457 e. The Bertz CT molecular complexity index is 3010. The van der Waals surface area contributed by atoms with Gasteiger partial charge in [-0.1, -0.05) is 123 Å². The molecule has 0 bridgehead atoms. The minimum absolute atomic E-state index is 0.102. The third kappa shape index (κ3) is 4.00. The van der Waals surface area contributed by atoms with Crippen molar-refractivity contribution in [2.45, 2.75) is 24.7 Å². The molecule has 2 aliphatic carbocycles. The molecule has 9 aromatic rings. The normalized spacial score (nSPS) is 14.8. The molecule has 1 aliphatic heterocycles. The van der Waals surface area contributed by atoms with Crippen LogP contribution in [-0.4, -0.2) is 0 Å². The number of fused-ring (bicyclic) bond motifs is 15. The molecule has 3 aliphatic rings. The SMILES string of the molecule is CC1(C)c2ccccc2-c2ccc(N(c3ccccc3)c3ccc4c(c3)oc3cc5c(cc34)-c3ccccc3C53c4ccccc4Oc4ccccc43)cc21. The number of hydrogen-bond acceptors (Lipinski definition) is 3. The first-order valence-corrected chi connectivity index (χ1v) is 19.1. The average molecular weight is 706 g/mol. The van der Waals surface area contributed by atoms with Crippen molar-refractivity contribution in [2.24, 2.45) is 0 Å². The van der Waals surface area contributed by atoms with Crippen LogP contribution in [0.2, 0.25) is 0 Å². The van der Waals surface area contributed by atoms with Crippen LogP contribution in [0.1, 0.15) is 47.2 Å². The molecule has 260 valence electrons. The van der Waals surface area contributed by atoms with E-state index in [9.17, 15) is 0 Å². The highest BCUT2D eigenvalue weighted by molar-refractivity contribution is 6.09. The molecule has 0 radical (unpaired) electrons. The third-order valence-electron chi connectivity index (χ3n) is 12.5. The summed E-state index contributed by atoms with van der Waals surface area (Å²) >= 11 is 0. The molecule has 0 N–H and O–H groups in total. The average Bonchev–Trinajstić information content (AvgIpc) is 3.81. The van der Waals surface area contributed by atoms with Crippen molar-refractivity contribution in [1.82, 2.24) is 0 Å². The Morgan fingerprint density at radius 1 is 0.382 bits per heavy atom. The zero-order valence-corrected chi connectivity index (χ0v) is 30.5. The molecule has 55 heavy (non-hydrogen) atoms. The van der Waals surface area contributed by atoms with Gasteiger partial charge < -0.3 is 14.1 Å². The maximum absolute atomic E-state index is 6.94. The Labute approximate surface area is 319 Å². The van der Waals surface area contributed by atoms with Crippen molar-refractivity contribution in [3.8, 4) is 33.8 Å². The van der Waals surface area contributed by atoms with Crippen molar-refractivity contribution in [2.75, 3.05) is 4.90 Å². The molecule has 0 unspecified atom stereocenters. The van der Waals surface area contributed by atoms with Crippen LogP contribution in [-0.2, 0) is 10.8 Å². The first kappa shape index (κ1) is 30.6. The Balaban J connectivity index is 1.06. The van der Waals surface area contributed by atoms with Gasteiger partial charge in [-0.25, -0.2) is 0 Å². The summed E-state index contributed by atoms with van der Waals surface area (Å²) < 4.78 is 13.5. The molecular weight excluding hydrogens is 671 g/mol. The lowest BCUT2D eigenvalue weighted by molar-refractivity contribution is 0.436. The molecule has 1 aromatic heterocycles. The van der Waals surface area contributed by atoms with Crippen molar-refractivity contribution in [1.29, 1.82) is 0 Å². The smallest absolute Gasteiger partial charge is 0.137 e. The number of benzene rings is 8. The van der Waals surface area contributed by atoms with Crippen molar-refractivity contribution < 1.29 is 9.15 Å². The number of para-hydroxylation sites is 3. The predicted molar refractivity (Wildman–Crippen MR) is 223 cm³/mol. The van der Waals surface area contributed by atoms with Crippen LogP contribution in [0.15, 0.2) is 180 Å². The zero-order valence-electron chi connectivity index (χ0n) is 30.5. The van der Waals surface area contributed by atoms with E-state index < -0.39 is 5.41 Å². The molecule has 1 spiro atoms. The van der Waals surface area contributed by atoms with Crippen LogP contribution in [0.25, 0.3) is 44.2 Å². The molecular formula is C52H35NO2. The largest absolute Gasteiger partial charge is 0.457 e. The van der Waals surface area contributed by atoms with Gasteiger partial charge in [0.05, 0.1) is 5.41 Å². The quantitative estimate of drug-likeness (QED) is 0.183. The highest BCUT2D eigenvalue weighted by Crippen LogP contribution is 2.62. The number of furan rings is 1. The molecule has 0 atom stereocenters. The van der Waals surface area contributed by atoms with Crippen LogP contribution in [0.5, 0.6) is 11.5 Å². The second kappa shape index (κ2) is 10.9. The van der Waals surface area contributed by atoms with Crippen molar-refractivity contribution in [3.05, 3.63) is 209 Å². The maximum atomic E-state index is 6.94. The molecule has 0 amide bonds. The molecule has 3 heteroatoms. The van der Waals surface area contributed by atoms with Crippen LogP contribution >= 0.6 is 0 Å². The molecule has 2 heterocycles. The van der Waals surface area contributed by atoms with Gasteiger partial charge >= 0.3 is 0 Å². The number of nitrogens with zero attached hydrogens (tertiary/aromatic N) is 1. The van der Waals surface area contributed by atoms with Gasteiger partial charge in [-0.2, -0.15) is 0 Å². The Morgan fingerprint density at radius 3 is 1.69 bits per heavy atom. The fourth-order valence-electron chi connectivity index (χ4n) is 10.1. The van der Waals surface area contributed by atoms with Crippen molar-refractivity contribution >= 4 is 39.0 Å². The minimum atomic E-state index is -0.541. The van der Waals surface area contributed by atoms with E-state index >= 15 is 0 Å². The molecule has 12 rings (SSSR count). The van der Waals surface area contributed by atoms with Gasteiger partial charge in [-0.3, -0.25) is 0 Å². The van der Waals surface area contributed by atoms with Crippen LogP contribution < -0.4 is 9.64 Å². The van der Waals surface area contributed by atoms with Gasteiger partial charge in [0.1, 0.15) is 22.7 Å². The summed E-state index contributed by atoms with van der Waals surface area (Å²) in [6.45, 7) is 4.68. The predicted octanol–water partition coefficient (Wildman–Crippen LogP) is 13.8. The van der Waals surface area contributed by atoms with E-state index in [1.165, 1.54) is 44.5 Å². The van der Waals surface area contributed by atoms with Crippen LogP contribution in [0.4, 0.5) is 17.1 Å². The van der Waals surface area contributed by atoms with Gasteiger partial charge in [0.2, 0.25) is 0 Å². The monoisotopic (exact) mass is 705 g/mol. The molecule has 8 aromatic carbocycles. The summed E-state index contributed by atoms with van der Waals surface area (Å²) in [6.07, 6.45) is 0. The maximum Gasteiger partial charge on any atom is 0.137 e. The highest BCUT2D eigenvalue weighted by Gasteiger charge is 2.51.